The molecule has 2 fully saturated rings. The number of hydrogen-bond acceptors (Lipinski definition) is 2. The number of nitriles is 1. The summed E-state index contributed by atoms with van der Waals surface area (Å²) >= 11 is 0. The molecule has 1 unspecified atom stereocenters. The molecule has 3 atom stereocenters. The fourth-order valence-corrected chi connectivity index (χ4v) is 5.48. The second-order valence-corrected chi connectivity index (χ2v) is 13.1. The van der Waals surface area contributed by atoms with Gasteiger partial charge in [-0.15, -0.1) is 0 Å². The second-order valence-electron chi connectivity index (χ2n) is 8.41. The summed E-state index contributed by atoms with van der Waals surface area (Å²) in [5.41, 5.74) is 0.115. The summed E-state index contributed by atoms with van der Waals surface area (Å²) in [5.74, 6) is 0.118. The van der Waals surface area contributed by atoms with Gasteiger partial charge in [0.25, 0.3) is 0 Å². The Labute approximate surface area is 119 Å². The van der Waals surface area contributed by atoms with Gasteiger partial charge in [0, 0.05) is 0 Å². The molecule has 2 aliphatic rings. The molecule has 0 saturated heterocycles. The van der Waals surface area contributed by atoms with Crippen LogP contribution in [-0.2, 0) is 4.43 Å². The van der Waals surface area contributed by atoms with Crippen LogP contribution in [0.4, 0.5) is 0 Å². The maximum atomic E-state index is 9.49. The predicted octanol–water partition coefficient (Wildman–Crippen LogP) is 4.87. The minimum Gasteiger partial charge on any atom is -0.409 e. The maximum Gasteiger partial charge on any atom is 0.192 e. The van der Waals surface area contributed by atoms with Crippen molar-refractivity contribution in [1.82, 2.24) is 0 Å². The Morgan fingerprint density at radius 1 is 1.21 bits per heavy atom. The van der Waals surface area contributed by atoms with E-state index in [1.807, 2.05) is 0 Å². The molecule has 108 valence electrons. The third-order valence-corrected chi connectivity index (χ3v) is 10.7. The van der Waals surface area contributed by atoms with Crippen LogP contribution >= 0.6 is 0 Å². The highest BCUT2D eigenvalue weighted by Crippen LogP contribution is 2.65. The lowest BCUT2D eigenvalue weighted by atomic mass is 9.46. The molecular weight excluding hydrogens is 250 g/mol. The van der Waals surface area contributed by atoms with Crippen LogP contribution in [0.25, 0.3) is 0 Å². The standard InChI is InChI=1S/C16H29NOSi/c1-14(2,3)19(5,6)18-16-10-8-7-9-15(16,4)11-13(16)12-17/h13H,7-11H2,1-6H3/t13?,15-,16-/m0/s1. The molecule has 0 bridgehead atoms. The van der Waals surface area contributed by atoms with E-state index in [2.05, 4.69) is 46.9 Å². The normalized spacial score (nSPS) is 39.1. The van der Waals surface area contributed by atoms with Crippen LogP contribution in [0.2, 0.25) is 18.1 Å². The molecule has 0 spiro atoms. The first-order valence-corrected chi connectivity index (χ1v) is 10.6. The lowest BCUT2D eigenvalue weighted by Gasteiger charge is -2.66. The molecular formula is C16H29NOSi. The van der Waals surface area contributed by atoms with Crippen molar-refractivity contribution in [3.8, 4) is 6.07 Å². The fraction of sp³-hybridized carbons (Fsp3) is 0.938. The van der Waals surface area contributed by atoms with Crippen molar-refractivity contribution >= 4 is 8.32 Å². The van der Waals surface area contributed by atoms with Gasteiger partial charge >= 0.3 is 0 Å². The molecule has 2 rings (SSSR count). The summed E-state index contributed by atoms with van der Waals surface area (Å²) in [4.78, 5) is 0. The van der Waals surface area contributed by atoms with Crippen molar-refractivity contribution in [3.05, 3.63) is 0 Å². The molecule has 2 aliphatic carbocycles. The number of hydrogen-bond donors (Lipinski definition) is 0. The summed E-state index contributed by atoms with van der Waals surface area (Å²) in [6, 6.07) is 2.54. The van der Waals surface area contributed by atoms with Crippen LogP contribution < -0.4 is 0 Å². The van der Waals surface area contributed by atoms with Crippen molar-refractivity contribution in [2.45, 2.75) is 83.5 Å². The van der Waals surface area contributed by atoms with Gasteiger partial charge in [0.05, 0.1) is 17.6 Å². The fourth-order valence-electron chi connectivity index (χ4n) is 3.77. The number of nitrogens with zero attached hydrogens (tertiary/aromatic N) is 1. The molecule has 0 aromatic rings. The van der Waals surface area contributed by atoms with Gasteiger partial charge < -0.3 is 4.43 Å². The molecule has 0 radical (unpaired) electrons. The van der Waals surface area contributed by atoms with Crippen LogP contribution in [0, 0.1) is 22.7 Å². The Hall–Kier alpha value is -0.333. The van der Waals surface area contributed by atoms with Crippen molar-refractivity contribution in [1.29, 1.82) is 5.26 Å². The monoisotopic (exact) mass is 279 g/mol. The maximum absolute atomic E-state index is 9.49. The first kappa shape index (κ1) is 15.1. The van der Waals surface area contributed by atoms with Crippen LogP contribution in [0.3, 0.4) is 0 Å². The van der Waals surface area contributed by atoms with Gasteiger partial charge in [-0.2, -0.15) is 5.26 Å². The van der Waals surface area contributed by atoms with Crippen molar-refractivity contribution in [2.75, 3.05) is 0 Å². The highest BCUT2D eigenvalue weighted by molar-refractivity contribution is 6.74. The van der Waals surface area contributed by atoms with E-state index in [4.69, 9.17) is 4.43 Å². The molecule has 0 aromatic heterocycles. The lowest BCUT2D eigenvalue weighted by Crippen LogP contribution is -2.69. The zero-order valence-corrected chi connectivity index (χ0v) is 14.5. The van der Waals surface area contributed by atoms with E-state index < -0.39 is 8.32 Å². The largest absolute Gasteiger partial charge is 0.409 e. The van der Waals surface area contributed by atoms with E-state index in [9.17, 15) is 5.26 Å². The van der Waals surface area contributed by atoms with Crippen LogP contribution in [0.5, 0.6) is 0 Å². The van der Waals surface area contributed by atoms with E-state index in [-0.39, 0.29) is 22.0 Å². The molecule has 3 heteroatoms. The average Bonchev–Trinajstić information content (AvgIpc) is 2.26. The zero-order valence-electron chi connectivity index (χ0n) is 13.5. The van der Waals surface area contributed by atoms with Crippen LogP contribution in [0.1, 0.15) is 59.8 Å². The second kappa shape index (κ2) is 4.33. The van der Waals surface area contributed by atoms with Crippen molar-refractivity contribution in [2.24, 2.45) is 11.3 Å². The third-order valence-electron chi connectivity index (χ3n) is 6.17. The number of rotatable bonds is 2. The Kier molecular flexibility index (Phi) is 3.43. The summed E-state index contributed by atoms with van der Waals surface area (Å²) in [6.07, 6.45) is 5.89. The lowest BCUT2D eigenvalue weighted by molar-refractivity contribution is -0.201. The summed E-state index contributed by atoms with van der Waals surface area (Å²) in [7, 11) is -1.81. The Bertz CT molecular complexity index is 406. The van der Waals surface area contributed by atoms with Crippen LogP contribution in [0.15, 0.2) is 0 Å². The molecule has 0 aromatic carbocycles. The van der Waals surface area contributed by atoms with Gasteiger partial charge in [0.2, 0.25) is 0 Å². The Morgan fingerprint density at radius 3 is 2.26 bits per heavy atom. The topological polar surface area (TPSA) is 33.0 Å². The van der Waals surface area contributed by atoms with Gasteiger partial charge in [0.15, 0.2) is 8.32 Å². The SMILES string of the molecule is CC(C)(C)[Si](C)(C)O[C@]12CCCC[C@@]1(C)CC2C#N. The zero-order chi connectivity index (χ0) is 14.5. The number of fused-ring (bicyclic) bond motifs is 1. The van der Waals surface area contributed by atoms with E-state index in [0.717, 1.165) is 12.8 Å². The van der Waals surface area contributed by atoms with Crippen molar-refractivity contribution < 1.29 is 4.43 Å². The molecule has 19 heavy (non-hydrogen) atoms. The van der Waals surface area contributed by atoms with E-state index in [1.165, 1.54) is 19.3 Å². The third kappa shape index (κ3) is 2.08. The first-order valence-electron chi connectivity index (χ1n) is 7.68. The molecule has 2 saturated carbocycles. The molecule has 0 aliphatic heterocycles. The highest BCUT2D eigenvalue weighted by Gasteiger charge is 2.66. The van der Waals surface area contributed by atoms with Crippen molar-refractivity contribution in [3.63, 3.8) is 0 Å². The summed E-state index contributed by atoms with van der Waals surface area (Å²) in [5, 5.41) is 9.71. The van der Waals surface area contributed by atoms with Gasteiger partial charge in [-0.1, -0.05) is 40.5 Å². The molecule has 2 nitrogen and oxygen atoms in total. The smallest absolute Gasteiger partial charge is 0.192 e. The van der Waals surface area contributed by atoms with E-state index in [0.29, 0.717) is 0 Å². The Morgan fingerprint density at radius 2 is 1.79 bits per heavy atom. The van der Waals surface area contributed by atoms with Gasteiger partial charge in [0.1, 0.15) is 0 Å². The minimum atomic E-state index is -1.81. The first-order chi connectivity index (χ1) is 8.58. The van der Waals surface area contributed by atoms with Gasteiger partial charge in [-0.25, -0.2) is 0 Å². The minimum absolute atomic E-state index is 0.118. The average molecular weight is 279 g/mol. The quantitative estimate of drug-likeness (QED) is 0.675. The van der Waals surface area contributed by atoms with Crippen LogP contribution in [-0.4, -0.2) is 13.9 Å². The molecule has 0 heterocycles. The van der Waals surface area contributed by atoms with Gasteiger partial charge in [-0.05, 0) is 42.8 Å². The summed E-state index contributed by atoms with van der Waals surface area (Å²) in [6.45, 7) is 13.9. The van der Waals surface area contributed by atoms with Gasteiger partial charge in [-0.3, -0.25) is 0 Å². The molecule has 0 amide bonds. The van der Waals surface area contributed by atoms with E-state index in [1.54, 1.807) is 0 Å². The summed E-state index contributed by atoms with van der Waals surface area (Å²) < 4.78 is 6.85. The van der Waals surface area contributed by atoms with E-state index >= 15 is 0 Å². The predicted molar refractivity (Wildman–Crippen MR) is 81.3 cm³/mol. The molecule has 0 N–H and O–H groups in total. The Balaban J connectivity index is 2.31. The highest BCUT2D eigenvalue weighted by atomic mass is 28.4.